The molecule has 1 fully saturated rings. The Morgan fingerprint density at radius 3 is 2.71 bits per heavy atom. The molecular weight excluding hydrogens is 184 g/mol. The zero-order chi connectivity index (χ0) is 10.3. The van der Waals surface area contributed by atoms with E-state index >= 15 is 0 Å². The predicted molar refractivity (Wildman–Crippen MR) is 50.1 cm³/mol. The molecule has 0 bridgehead atoms. The van der Waals surface area contributed by atoms with Crippen molar-refractivity contribution in [3.05, 3.63) is 33.9 Å². The van der Waals surface area contributed by atoms with Gasteiger partial charge in [-0.1, -0.05) is 0 Å². The topological polar surface area (TPSA) is 89.4 Å². The molecular formula is C9H10N2O3. The predicted octanol–water partition coefficient (Wildman–Crippen LogP) is 1.11. The van der Waals surface area contributed by atoms with Crippen LogP contribution >= 0.6 is 0 Å². The van der Waals surface area contributed by atoms with Gasteiger partial charge in [0.2, 0.25) is 0 Å². The molecule has 14 heavy (non-hydrogen) atoms. The summed E-state index contributed by atoms with van der Waals surface area (Å²) >= 11 is 0. The van der Waals surface area contributed by atoms with Crippen LogP contribution in [0.1, 0.15) is 17.9 Å². The van der Waals surface area contributed by atoms with Crippen LogP contribution in [0.3, 0.4) is 0 Å². The van der Waals surface area contributed by atoms with Gasteiger partial charge in [-0.3, -0.25) is 10.1 Å². The summed E-state index contributed by atoms with van der Waals surface area (Å²) in [6, 6.07) is 4.05. The molecule has 0 radical (unpaired) electrons. The fourth-order valence-electron chi connectivity index (χ4n) is 1.58. The fraction of sp³-hybridized carbons (Fsp3) is 0.333. The normalized spacial score (nSPS) is 24.6. The number of phenolic OH excluding ortho intramolecular Hbond substituents is 1. The van der Waals surface area contributed by atoms with E-state index in [0.29, 0.717) is 5.56 Å². The summed E-state index contributed by atoms with van der Waals surface area (Å²) in [6.07, 6.45) is 0.754. The smallest absolute Gasteiger partial charge is 0.273 e. The number of benzene rings is 1. The van der Waals surface area contributed by atoms with Gasteiger partial charge in [0.15, 0.2) is 0 Å². The second-order valence-corrected chi connectivity index (χ2v) is 3.51. The summed E-state index contributed by atoms with van der Waals surface area (Å²) in [5, 5.41) is 19.9. The van der Waals surface area contributed by atoms with E-state index in [1.165, 1.54) is 18.2 Å². The van der Waals surface area contributed by atoms with Crippen molar-refractivity contribution in [2.45, 2.75) is 18.4 Å². The third kappa shape index (κ3) is 1.42. The van der Waals surface area contributed by atoms with Gasteiger partial charge in [-0.05, 0) is 18.6 Å². The Hall–Kier alpha value is -1.62. The van der Waals surface area contributed by atoms with Gasteiger partial charge in [0.1, 0.15) is 5.75 Å². The first-order chi connectivity index (χ1) is 6.59. The minimum atomic E-state index is -0.445. The van der Waals surface area contributed by atoms with Crippen LogP contribution in [0.2, 0.25) is 0 Å². The molecule has 2 rings (SSSR count). The van der Waals surface area contributed by atoms with Crippen LogP contribution < -0.4 is 5.73 Å². The third-order valence-corrected chi connectivity index (χ3v) is 2.45. The van der Waals surface area contributed by atoms with Crippen LogP contribution in [0.4, 0.5) is 5.69 Å². The van der Waals surface area contributed by atoms with Crippen LogP contribution in [-0.2, 0) is 0 Å². The summed E-state index contributed by atoms with van der Waals surface area (Å²) in [6.45, 7) is 0. The van der Waals surface area contributed by atoms with Crippen LogP contribution in [-0.4, -0.2) is 16.1 Å². The Labute approximate surface area is 80.3 Å². The van der Waals surface area contributed by atoms with E-state index in [2.05, 4.69) is 0 Å². The standard InChI is InChI=1S/C9H10N2O3/c10-8-4-6(8)7-3-5(12)1-2-9(7)11(13)14/h1-3,6,8,12H,4,10H2/t6-,8+/m0/s1. The number of nitrogens with zero attached hydrogens (tertiary/aromatic N) is 1. The highest BCUT2D eigenvalue weighted by Crippen LogP contribution is 2.44. The van der Waals surface area contributed by atoms with Gasteiger partial charge in [0, 0.05) is 23.6 Å². The number of rotatable bonds is 2. The molecule has 74 valence electrons. The molecule has 0 aromatic heterocycles. The van der Waals surface area contributed by atoms with Crippen molar-refractivity contribution in [2.24, 2.45) is 5.73 Å². The van der Waals surface area contributed by atoms with E-state index in [9.17, 15) is 15.2 Å². The molecule has 1 aromatic rings. The van der Waals surface area contributed by atoms with E-state index < -0.39 is 4.92 Å². The van der Waals surface area contributed by atoms with Gasteiger partial charge in [0.25, 0.3) is 5.69 Å². The molecule has 0 spiro atoms. The minimum absolute atomic E-state index is 0.00417. The molecule has 2 atom stereocenters. The molecule has 5 nitrogen and oxygen atoms in total. The summed E-state index contributed by atoms with van der Waals surface area (Å²) in [4.78, 5) is 10.2. The maximum Gasteiger partial charge on any atom is 0.273 e. The first-order valence-corrected chi connectivity index (χ1v) is 4.32. The zero-order valence-corrected chi connectivity index (χ0v) is 7.38. The highest BCUT2D eigenvalue weighted by Gasteiger charge is 2.39. The third-order valence-electron chi connectivity index (χ3n) is 2.45. The fourth-order valence-corrected chi connectivity index (χ4v) is 1.58. The lowest BCUT2D eigenvalue weighted by Gasteiger charge is -2.01. The highest BCUT2D eigenvalue weighted by molar-refractivity contribution is 5.49. The molecule has 1 aliphatic carbocycles. The van der Waals surface area contributed by atoms with Gasteiger partial charge in [-0.15, -0.1) is 0 Å². The average molecular weight is 194 g/mol. The van der Waals surface area contributed by atoms with Crippen LogP contribution in [0, 0.1) is 10.1 Å². The van der Waals surface area contributed by atoms with Crippen LogP contribution in [0.25, 0.3) is 0 Å². The van der Waals surface area contributed by atoms with Gasteiger partial charge in [-0.2, -0.15) is 0 Å². The number of nitro groups is 1. The first-order valence-electron chi connectivity index (χ1n) is 4.32. The van der Waals surface area contributed by atoms with Crippen molar-refractivity contribution in [2.75, 3.05) is 0 Å². The van der Waals surface area contributed by atoms with Gasteiger partial charge < -0.3 is 10.8 Å². The molecule has 0 saturated heterocycles. The Morgan fingerprint density at radius 2 is 2.21 bits per heavy atom. The molecule has 3 N–H and O–H groups in total. The molecule has 1 aliphatic rings. The molecule has 1 aromatic carbocycles. The lowest BCUT2D eigenvalue weighted by molar-refractivity contribution is -0.385. The van der Waals surface area contributed by atoms with Crippen LogP contribution in [0.5, 0.6) is 5.75 Å². The Kier molecular flexibility index (Phi) is 1.89. The Balaban J connectivity index is 2.44. The van der Waals surface area contributed by atoms with E-state index in [0.717, 1.165) is 6.42 Å². The van der Waals surface area contributed by atoms with Crippen molar-refractivity contribution < 1.29 is 10.0 Å². The molecule has 0 unspecified atom stereocenters. The van der Waals surface area contributed by atoms with Crippen molar-refractivity contribution in [3.8, 4) is 5.75 Å². The van der Waals surface area contributed by atoms with Crippen LogP contribution in [0.15, 0.2) is 18.2 Å². The maximum absolute atomic E-state index is 10.7. The Bertz CT molecular complexity index is 392. The number of hydrogen-bond acceptors (Lipinski definition) is 4. The number of nitro benzene ring substituents is 1. The largest absolute Gasteiger partial charge is 0.508 e. The first kappa shape index (κ1) is 8.96. The molecule has 0 amide bonds. The van der Waals surface area contributed by atoms with Gasteiger partial charge >= 0.3 is 0 Å². The Morgan fingerprint density at radius 1 is 1.57 bits per heavy atom. The van der Waals surface area contributed by atoms with Gasteiger partial charge in [-0.25, -0.2) is 0 Å². The summed E-state index contributed by atoms with van der Waals surface area (Å²) in [5.74, 6) is 0.0761. The molecule has 1 saturated carbocycles. The van der Waals surface area contributed by atoms with Crippen molar-refractivity contribution >= 4 is 5.69 Å². The molecule has 0 heterocycles. The van der Waals surface area contributed by atoms with E-state index in [1.54, 1.807) is 0 Å². The highest BCUT2D eigenvalue weighted by atomic mass is 16.6. The van der Waals surface area contributed by atoms with E-state index in [1.807, 2.05) is 0 Å². The summed E-state index contributed by atoms with van der Waals surface area (Å²) < 4.78 is 0. The minimum Gasteiger partial charge on any atom is -0.508 e. The lowest BCUT2D eigenvalue weighted by atomic mass is 10.1. The summed E-state index contributed by atoms with van der Waals surface area (Å²) in [7, 11) is 0. The van der Waals surface area contributed by atoms with Crippen molar-refractivity contribution in [1.29, 1.82) is 0 Å². The quantitative estimate of drug-likeness (QED) is 0.545. The second-order valence-electron chi connectivity index (χ2n) is 3.51. The number of aromatic hydroxyl groups is 1. The summed E-state index contributed by atoms with van der Waals surface area (Å²) in [5.41, 5.74) is 6.20. The number of phenols is 1. The van der Waals surface area contributed by atoms with E-state index in [-0.39, 0.29) is 23.4 Å². The lowest BCUT2D eigenvalue weighted by Crippen LogP contribution is -2.03. The molecule has 5 heteroatoms. The number of hydrogen-bond donors (Lipinski definition) is 2. The second kappa shape index (κ2) is 2.95. The van der Waals surface area contributed by atoms with Gasteiger partial charge in [0.05, 0.1) is 4.92 Å². The average Bonchev–Trinajstić information content (AvgIpc) is 2.82. The zero-order valence-electron chi connectivity index (χ0n) is 7.38. The monoisotopic (exact) mass is 194 g/mol. The molecule has 0 aliphatic heterocycles. The van der Waals surface area contributed by atoms with E-state index in [4.69, 9.17) is 5.73 Å². The number of nitrogens with two attached hydrogens (primary N) is 1. The van der Waals surface area contributed by atoms with Crippen molar-refractivity contribution in [1.82, 2.24) is 0 Å². The SMILES string of the molecule is N[C@@H]1C[C@H]1c1cc(O)ccc1[N+](=O)[O-]. The van der Waals surface area contributed by atoms with Crippen molar-refractivity contribution in [3.63, 3.8) is 0 Å². The maximum atomic E-state index is 10.7.